The predicted octanol–water partition coefficient (Wildman–Crippen LogP) is 5.06. The maximum absolute atomic E-state index is 6.40. The lowest BCUT2D eigenvalue weighted by Gasteiger charge is -2.33. The number of anilines is 1. The van der Waals surface area contributed by atoms with Crippen LogP contribution in [-0.2, 0) is 0 Å². The Morgan fingerprint density at radius 1 is 1.03 bits per heavy atom. The lowest BCUT2D eigenvalue weighted by molar-refractivity contribution is 0.365. The summed E-state index contributed by atoms with van der Waals surface area (Å²) in [5.74, 6) is 4.05. The van der Waals surface area contributed by atoms with Gasteiger partial charge in [-0.1, -0.05) is 28.9 Å². The van der Waals surface area contributed by atoms with Crippen LogP contribution in [0.25, 0.3) is 11.4 Å². The molecule has 150 valence electrons. The van der Waals surface area contributed by atoms with Gasteiger partial charge in [0.05, 0.1) is 5.02 Å². The van der Waals surface area contributed by atoms with Crippen molar-refractivity contribution >= 4 is 17.4 Å². The molecule has 0 N–H and O–H groups in total. The zero-order chi connectivity index (χ0) is 20.0. The SMILES string of the molecule is Cc1nc(-c2ccccc2Cl)nc(N2CCC[C@H](c3noc(C4CC4)n3)C2)c1C. The molecule has 2 aliphatic rings. The summed E-state index contributed by atoms with van der Waals surface area (Å²) in [5, 5.41) is 4.95. The Balaban J connectivity index is 1.45. The number of piperidine rings is 1. The largest absolute Gasteiger partial charge is 0.356 e. The summed E-state index contributed by atoms with van der Waals surface area (Å²) >= 11 is 6.40. The molecule has 0 unspecified atom stereocenters. The van der Waals surface area contributed by atoms with Gasteiger partial charge in [0, 0.05) is 41.7 Å². The second kappa shape index (κ2) is 7.41. The molecule has 1 saturated heterocycles. The molecule has 0 bridgehead atoms. The molecule has 1 aromatic carbocycles. The Morgan fingerprint density at radius 2 is 1.86 bits per heavy atom. The Kier molecular flexibility index (Phi) is 4.74. The fourth-order valence-corrected chi connectivity index (χ4v) is 4.19. The fraction of sp³-hybridized carbons (Fsp3) is 0.455. The normalized spacial score (nSPS) is 19.6. The Labute approximate surface area is 175 Å². The van der Waals surface area contributed by atoms with E-state index in [2.05, 4.69) is 22.0 Å². The lowest BCUT2D eigenvalue weighted by atomic mass is 9.97. The summed E-state index contributed by atoms with van der Waals surface area (Å²) in [6.07, 6.45) is 4.48. The average Bonchev–Trinajstić information content (AvgIpc) is 3.47. The van der Waals surface area contributed by atoms with E-state index < -0.39 is 0 Å². The third kappa shape index (κ3) is 3.62. The standard InChI is InChI=1S/C22H24ClN5O/c1-13-14(2)24-20(17-7-3-4-8-18(17)23)25-21(13)28-11-5-6-16(12-28)19-26-22(29-27-19)15-9-10-15/h3-4,7-8,15-16H,5-6,9-12H2,1-2H3/t16-/m0/s1. The Morgan fingerprint density at radius 3 is 2.66 bits per heavy atom. The molecule has 1 aliphatic carbocycles. The van der Waals surface area contributed by atoms with E-state index >= 15 is 0 Å². The van der Waals surface area contributed by atoms with Crippen LogP contribution in [0.4, 0.5) is 5.82 Å². The molecule has 2 fully saturated rings. The van der Waals surface area contributed by atoms with Crippen molar-refractivity contribution in [2.24, 2.45) is 0 Å². The highest BCUT2D eigenvalue weighted by Crippen LogP contribution is 2.40. The molecule has 0 amide bonds. The van der Waals surface area contributed by atoms with Gasteiger partial charge in [0.25, 0.3) is 0 Å². The number of hydrogen-bond donors (Lipinski definition) is 0. The quantitative estimate of drug-likeness (QED) is 0.600. The van der Waals surface area contributed by atoms with Gasteiger partial charge in [-0.15, -0.1) is 0 Å². The first-order valence-electron chi connectivity index (χ1n) is 10.3. The number of benzene rings is 1. The summed E-state index contributed by atoms with van der Waals surface area (Å²) in [6.45, 7) is 5.92. The number of hydrogen-bond acceptors (Lipinski definition) is 6. The van der Waals surface area contributed by atoms with Crippen molar-refractivity contribution in [2.75, 3.05) is 18.0 Å². The van der Waals surface area contributed by atoms with Crippen molar-refractivity contribution in [3.05, 3.63) is 52.3 Å². The molecule has 0 spiro atoms. The highest BCUT2D eigenvalue weighted by atomic mass is 35.5. The van der Waals surface area contributed by atoms with Gasteiger partial charge in [-0.05, 0) is 51.7 Å². The van der Waals surface area contributed by atoms with Gasteiger partial charge < -0.3 is 9.42 Å². The van der Waals surface area contributed by atoms with Crippen molar-refractivity contribution in [1.29, 1.82) is 0 Å². The smallest absolute Gasteiger partial charge is 0.229 e. The van der Waals surface area contributed by atoms with E-state index in [1.165, 1.54) is 12.8 Å². The maximum Gasteiger partial charge on any atom is 0.229 e. The first kappa shape index (κ1) is 18.6. The highest BCUT2D eigenvalue weighted by molar-refractivity contribution is 6.33. The van der Waals surface area contributed by atoms with Gasteiger partial charge in [-0.2, -0.15) is 4.98 Å². The minimum Gasteiger partial charge on any atom is -0.356 e. The lowest BCUT2D eigenvalue weighted by Crippen LogP contribution is -2.36. The topological polar surface area (TPSA) is 67.9 Å². The molecule has 1 saturated carbocycles. The second-order valence-corrected chi connectivity index (χ2v) is 8.52. The van der Waals surface area contributed by atoms with E-state index in [9.17, 15) is 0 Å². The van der Waals surface area contributed by atoms with Gasteiger partial charge in [0.1, 0.15) is 5.82 Å². The molecular formula is C22H24ClN5O. The van der Waals surface area contributed by atoms with Crippen molar-refractivity contribution < 1.29 is 4.52 Å². The number of halogens is 1. The molecule has 1 atom stereocenters. The monoisotopic (exact) mass is 409 g/mol. The van der Waals surface area contributed by atoms with E-state index in [1.807, 2.05) is 31.2 Å². The third-order valence-electron chi connectivity index (χ3n) is 5.95. The van der Waals surface area contributed by atoms with Crippen LogP contribution in [-0.4, -0.2) is 33.2 Å². The van der Waals surface area contributed by atoms with Crippen LogP contribution < -0.4 is 4.90 Å². The highest BCUT2D eigenvalue weighted by Gasteiger charge is 2.32. The molecule has 5 rings (SSSR count). The van der Waals surface area contributed by atoms with E-state index in [1.54, 1.807) is 0 Å². The van der Waals surface area contributed by atoms with Gasteiger partial charge >= 0.3 is 0 Å². The van der Waals surface area contributed by atoms with Crippen molar-refractivity contribution in [3.8, 4) is 11.4 Å². The summed E-state index contributed by atoms with van der Waals surface area (Å²) in [6, 6.07) is 7.72. The molecule has 2 aromatic heterocycles. The van der Waals surface area contributed by atoms with Crippen LogP contribution in [0, 0.1) is 13.8 Å². The van der Waals surface area contributed by atoms with Crippen LogP contribution in [0.5, 0.6) is 0 Å². The number of aromatic nitrogens is 4. The maximum atomic E-state index is 6.40. The third-order valence-corrected chi connectivity index (χ3v) is 6.28. The van der Waals surface area contributed by atoms with Crippen LogP contribution >= 0.6 is 11.6 Å². The minimum atomic E-state index is 0.262. The number of rotatable bonds is 4. The molecule has 0 radical (unpaired) electrons. The van der Waals surface area contributed by atoms with Gasteiger partial charge in [-0.3, -0.25) is 0 Å². The Hall–Kier alpha value is -2.47. The van der Waals surface area contributed by atoms with Crippen molar-refractivity contribution in [2.45, 2.75) is 51.4 Å². The van der Waals surface area contributed by atoms with Gasteiger partial charge in [0.2, 0.25) is 5.89 Å². The summed E-state index contributed by atoms with van der Waals surface area (Å²) in [4.78, 5) is 16.7. The predicted molar refractivity (Wildman–Crippen MR) is 112 cm³/mol. The van der Waals surface area contributed by atoms with Crippen molar-refractivity contribution in [3.63, 3.8) is 0 Å². The summed E-state index contributed by atoms with van der Waals surface area (Å²) < 4.78 is 5.50. The fourth-order valence-electron chi connectivity index (χ4n) is 3.97. The molecular weight excluding hydrogens is 386 g/mol. The second-order valence-electron chi connectivity index (χ2n) is 8.11. The molecule has 1 aliphatic heterocycles. The first-order valence-corrected chi connectivity index (χ1v) is 10.7. The van der Waals surface area contributed by atoms with Crippen LogP contribution in [0.3, 0.4) is 0 Å². The van der Waals surface area contributed by atoms with E-state index in [0.717, 1.165) is 60.3 Å². The zero-order valence-corrected chi connectivity index (χ0v) is 17.5. The number of nitrogens with zero attached hydrogens (tertiary/aromatic N) is 5. The van der Waals surface area contributed by atoms with E-state index in [-0.39, 0.29) is 5.92 Å². The zero-order valence-electron chi connectivity index (χ0n) is 16.7. The number of aryl methyl sites for hydroxylation is 1. The summed E-state index contributed by atoms with van der Waals surface area (Å²) in [5.41, 5.74) is 2.94. The van der Waals surface area contributed by atoms with Crippen molar-refractivity contribution in [1.82, 2.24) is 20.1 Å². The van der Waals surface area contributed by atoms with Gasteiger partial charge in [0.15, 0.2) is 11.6 Å². The molecule has 29 heavy (non-hydrogen) atoms. The Bertz CT molecular complexity index is 1050. The van der Waals surface area contributed by atoms with E-state index in [0.29, 0.717) is 16.8 Å². The molecule has 3 heterocycles. The minimum absolute atomic E-state index is 0.262. The van der Waals surface area contributed by atoms with Crippen LogP contribution in [0.15, 0.2) is 28.8 Å². The van der Waals surface area contributed by atoms with E-state index in [4.69, 9.17) is 26.1 Å². The summed E-state index contributed by atoms with van der Waals surface area (Å²) in [7, 11) is 0. The molecule has 6 nitrogen and oxygen atoms in total. The van der Waals surface area contributed by atoms with Crippen LogP contribution in [0.1, 0.15) is 60.5 Å². The first-order chi connectivity index (χ1) is 14.1. The molecule has 3 aromatic rings. The van der Waals surface area contributed by atoms with Crippen LogP contribution in [0.2, 0.25) is 5.02 Å². The molecule has 7 heteroatoms. The average molecular weight is 410 g/mol. The van der Waals surface area contributed by atoms with Gasteiger partial charge in [-0.25, -0.2) is 9.97 Å².